The van der Waals surface area contributed by atoms with Crippen molar-refractivity contribution in [3.63, 3.8) is 0 Å². The molecular formula is C16H15ClO2. The van der Waals surface area contributed by atoms with E-state index in [9.17, 15) is 4.79 Å². The molecule has 0 aliphatic rings. The van der Waals surface area contributed by atoms with Gasteiger partial charge in [-0.05, 0) is 29.3 Å². The van der Waals surface area contributed by atoms with Crippen molar-refractivity contribution >= 4 is 17.4 Å². The van der Waals surface area contributed by atoms with E-state index in [1.165, 1.54) is 0 Å². The van der Waals surface area contributed by atoms with Crippen molar-refractivity contribution in [3.8, 4) is 5.75 Å². The SMILES string of the molecule is COc1cccc(CC(=O)Cc2ccccc2Cl)c1. The Morgan fingerprint density at radius 2 is 1.89 bits per heavy atom. The van der Waals surface area contributed by atoms with Crippen molar-refractivity contribution in [1.82, 2.24) is 0 Å². The van der Waals surface area contributed by atoms with Gasteiger partial charge >= 0.3 is 0 Å². The Bertz CT molecular complexity index is 578. The fourth-order valence-electron chi connectivity index (χ4n) is 1.93. The maximum Gasteiger partial charge on any atom is 0.141 e. The Morgan fingerprint density at radius 3 is 2.63 bits per heavy atom. The van der Waals surface area contributed by atoms with Gasteiger partial charge in [-0.15, -0.1) is 0 Å². The molecule has 0 radical (unpaired) electrons. The number of benzene rings is 2. The van der Waals surface area contributed by atoms with Gasteiger partial charge in [0.15, 0.2) is 0 Å². The predicted octanol–water partition coefficient (Wildman–Crippen LogP) is 3.70. The minimum Gasteiger partial charge on any atom is -0.497 e. The molecule has 3 heteroatoms. The summed E-state index contributed by atoms with van der Waals surface area (Å²) in [6.45, 7) is 0. The molecule has 0 aliphatic heterocycles. The first-order valence-corrected chi connectivity index (χ1v) is 6.45. The van der Waals surface area contributed by atoms with Crippen LogP contribution >= 0.6 is 11.6 Å². The number of Topliss-reactive ketones (excluding diaryl/α,β-unsaturated/α-hetero) is 1. The lowest BCUT2D eigenvalue weighted by Crippen LogP contribution is -2.07. The maximum atomic E-state index is 12.0. The van der Waals surface area contributed by atoms with Crippen LogP contribution in [0.4, 0.5) is 0 Å². The summed E-state index contributed by atoms with van der Waals surface area (Å²) in [5.74, 6) is 0.907. The summed E-state index contributed by atoms with van der Waals surface area (Å²) >= 11 is 6.05. The highest BCUT2D eigenvalue weighted by molar-refractivity contribution is 6.31. The summed E-state index contributed by atoms with van der Waals surface area (Å²) in [7, 11) is 1.62. The number of carbonyl (C=O) groups excluding carboxylic acids is 1. The van der Waals surface area contributed by atoms with Crippen molar-refractivity contribution in [2.75, 3.05) is 7.11 Å². The van der Waals surface area contributed by atoms with Gasteiger partial charge in [0.05, 0.1) is 7.11 Å². The van der Waals surface area contributed by atoms with Crippen LogP contribution in [-0.4, -0.2) is 12.9 Å². The van der Waals surface area contributed by atoms with Crippen LogP contribution in [0, 0.1) is 0 Å². The van der Waals surface area contributed by atoms with E-state index in [-0.39, 0.29) is 5.78 Å². The van der Waals surface area contributed by atoms with E-state index in [1.54, 1.807) is 13.2 Å². The van der Waals surface area contributed by atoms with Crippen LogP contribution < -0.4 is 4.74 Å². The molecule has 0 fully saturated rings. The lowest BCUT2D eigenvalue weighted by Gasteiger charge is -2.05. The molecule has 2 aromatic rings. The van der Waals surface area contributed by atoms with E-state index in [2.05, 4.69) is 0 Å². The third-order valence-electron chi connectivity index (χ3n) is 2.88. The molecular weight excluding hydrogens is 260 g/mol. The van der Waals surface area contributed by atoms with Crippen LogP contribution in [0.2, 0.25) is 5.02 Å². The second-order valence-corrected chi connectivity index (χ2v) is 4.74. The Hall–Kier alpha value is -1.80. The van der Waals surface area contributed by atoms with Crippen LogP contribution in [0.25, 0.3) is 0 Å². The fraction of sp³-hybridized carbons (Fsp3) is 0.188. The van der Waals surface area contributed by atoms with Crippen molar-refractivity contribution in [2.45, 2.75) is 12.8 Å². The standard InChI is InChI=1S/C16H15ClO2/c1-19-15-7-4-5-12(10-15)9-14(18)11-13-6-2-3-8-16(13)17/h2-8,10H,9,11H2,1H3. The molecule has 98 valence electrons. The zero-order valence-corrected chi connectivity index (χ0v) is 11.5. The van der Waals surface area contributed by atoms with Gasteiger partial charge in [-0.2, -0.15) is 0 Å². The Balaban J connectivity index is 2.03. The summed E-state index contributed by atoms with van der Waals surface area (Å²) in [5.41, 5.74) is 1.83. The first-order valence-electron chi connectivity index (χ1n) is 6.07. The van der Waals surface area contributed by atoms with Gasteiger partial charge < -0.3 is 4.74 Å². The highest BCUT2D eigenvalue weighted by Crippen LogP contribution is 2.17. The number of ketones is 1. The van der Waals surface area contributed by atoms with E-state index >= 15 is 0 Å². The number of carbonyl (C=O) groups is 1. The number of halogens is 1. The minimum absolute atomic E-state index is 0.140. The number of ether oxygens (including phenoxy) is 1. The molecule has 2 rings (SSSR count). The van der Waals surface area contributed by atoms with E-state index in [1.807, 2.05) is 42.5 Å². The van der Waals surface area contributed by atoms with E-state index < -0.39 is 0 Å². The zero-order chi connectivity index (χ0) is 13.7. The number of rotatable bonds is 5. The van der Waals surface area contributed by atoms with Crippen molar-refractivity contribution in [1.29, 1.82) is 0 Å². The molecule has 0 spiro atoms. The third kappa shape index (κ3) is 3.83. The molecule has 2 nitrogen and oxygen atoms in total. The van der Waals surface area contributed by atoms with Gasteiger partial charge in [-0.25, -0.2) is 0 Å². The Kier molecular flexibility index (Phi) is 4.58. The van der Waals surface area contributed by atoms with E-state index in [0.29, 0.717) is 17.9 Å². The maximum absolute atomic E-state index is 12.0. The first kappa shape index (κ1) is 13.6. The van der Waals surface area contributed by atoms with Crippen molar-refractivity contribution in [3.05, 3.63) is 64.7 Å². The quantitative estimate of drug-likeness (QED) is 0.831. The molecule has 0 unspecified atom stereocenters. The van der Waals surface area contributed by atoms with Crippen LogP contribution in [0.15, 0.2) is 48.5 Å². The van der Waals surface area contributed by atoms with Gasteiger partial charge in [0.2, 0.25) is 0 Å². The highest BCUT2D eigenvalue weighted by Gasteiger charge is 2.08. The summed E-state index contributed by atoms with van der Waals surface area (Å²) in [6.07, 6.45) is 0.749. The lowest BCUT2D eigenvalue weighted by atomic mass is 10.0. The summed E-state index contributed by atoms with van der Waals surface area (Å²) in [6, 6.07) is 15.0. The topological polar surface area (TPSA) is 26.3 Å². The van der Waals surface area contributed by atoms with Crippen LogP contribution in [-0.2, 0) is 17.6 Å². The Morgan fingerprint density at radius 1 is 1.11 bits per heavy atom. The molecule has 2 aromatic carbocycles. The summed E-state index contributed by atoms with van der Waals surface area (Å²) in [5, 5.41) is 0.640. The van der Waals surface area contributed by atoms with E-state index in [4.69, 9.17) is 16.3 Å². The van der Waals surface area contributed by atoms with Gasteiger partial charge in [-0.1, -0.05) is 41.9 Å². The van der Waals surface area contributed by atoms with Gasteiger partial charge in [-0.3, -0.25) is 4.79 Å². The molecule has 0 N–H and O–H groups in total. The molecule has 0 saturated carbocycles. The zero-order valence-electron chi connectivity index (χ0n) is 10.7. The van der Waals surface area contributed by atoms with Gasteiger partial charge in [0.25, 0.3) is 0 Å². The molecule has 0 aliphatic carbocycles. The molecule has 0 heterocycles. The average Bonchev–Trinajstić information content (AvgIpc) is 2.41. The number of hydrogen-bond acceptors (Lipinski definition) is 2. The number of hydrogen-bond donors (Lipinski definition) is 0. The minimum atomic E-state index is 0.140. The average molecular weight is 275 g/mol. The highest BCUT2D eigenvalue weighted by atomic mass is 35.5. The number of methoxy groups -OCH3 is 1. The Labute approximate surface area is 118 Å². The monoisotopic (exact) mass is 274 g/mol. The molecule has 0 bridgehead atoms. The van der Waals surface area contributed by atoms with Crippen LogP contribution in [0.3, 0.4) is 0 Å². The molecule has 0 amide bonds. The van der Waals surface area contributed by atoms with Gasteiger partial charge in [0, 0.05) is 17.9 Å². The third-order valence-corrected chi connectivity index (χ3v) is 3.25. The smallest absolute Gasteiger partial charge is 0.141 e. The second kappa shape index (κ2) is 6.39. The second-order valence-electron chi connectivity index (χ2n) is 4.34. The largest absolute Gasteiger partial charge is 0.497 e. The fourth-order valence-corrected chi connectivity index (χ4v) is 2.13. The molecule has 19 heavy (non-hydrogen) atoms. The predicted molar refractivity (Wildman–Crippen MR) is 76.9 cm³/mol. The summed E-state index contributed by atoms with van der Waals surface area (Å²) in [4.78, 5) is 12.0. The van der Waals surface area contributed by atoms with Crippen LogP contribution in [0.1, 0.15) is 11.1 Å². The summed E-state index contributed by atoms with van der Waals surface area (Å²) < 4.78 is 5.14. The van der Waals surface area contributed by atoms with Crippen molar-refractivity contribution < 1.29 is 9.53 Å². The molecule has 0 aromatic heterocycles. The van der Waals surface area contributed by atoms with E-state index in [0.717, 1.165) is 16.9 Å². The lowest BCUT2D eigenvalue weighted by molar-refractivity contribution is -0.117. The van der Waals surface area contributed by atoms with Gasteiger partial charge in [0.1, 0.15) is 11.5 Å². The molecule has 0 atom stereocenters. The molecule has 0 saturated heterocycles. The normalized spacial score (nSPS) is 10.2. The van der Waals surface area contributed by atoms with Crippen LogP contribution in [0.5, 0.6) is 5.75 Å². The first-order chi connectivity index (χ1) is 9.19. The van der Waals surface area contributed by atoms with Crippen molar-refractivity contribution in [2.24, 2.45) is 0 Å².